The van der Waals surface area contributed by atoms with Gasteiger partial charge in [0.15, 0.2) is 0 Å². The summed E-state index contributed by atoms with van der Waals surface area (Å²) in [5, 5.41) is 14.4. The van der Waals surface area contributed by atoms with Crippen molar-refractivity contribution in [3.8, 4) is 0 Å². The van der Waals surface area contributed by atoms with E-state index in [0.717, 1.165) is 12.8 Å². The Morgan fingerprint density at radius 2 is 1.64 bits per heavy atom. The van der Waals surface area contributed by atoms with Crippen molar-refractivity contribution in [2.24, 2.45) is 0 Å². The van der Waals surface area contributed by atoms with Crippen molar-refractivity contribution in [1.82, 2.24) is 15.5 Å². The predicted molar refractivity (Wildman–Crippen MR) is 134 cm³/mol. The van der Waals surface area contributed by atoms with Crippen molar-refractivity contribution in [2.75, 3.05) is 26.3 Å². The first-order chi connectivity index (χ1) is 17.0. The molecule has 2 aliphatic heterocycles. The number of aryl methyl sites for hydroxylation is 1. The summed E-state index contributed by atoms with van der Waals surface area (Å²) < 4.78 is 17.7. The van der Waals surface area contributed by atoms with E-state index in [0.29, 0.717) is 32.7 Å². The third kappa shape index (κ3) is 7.44. The number of rotatable bonds is 10. The lowest BCUT2D eigenvalue weighted by Gasteiger charge is -2.32. The van der Waals surface area contributed by atoms with E-state index in [4.69, 9.17) is 14.0 Å². The minimum Gasteiger partial charge on any atom is -0.465 e. The molecule has 10 nitrogen and oxygen atoms in total. The topological polar surface area (TPSA) is 126 Å². The first-order valence-electron chi connectivity index (χ1n) is 12.5. The number of carboxylic acid groups (broad SMARTS) is 1. The lowest BCUT2D eigenvalue weighted by atomic mass is 9.75. The van der Waals surface area contributed by atoms with E-state index in [2.05, 4.69) is 10.6 Å². The molecule has 0 bridgehead atoms. The number of hydrogen-bond donors (Lipinski definition) is 3. The van der Waals surface area contributed by atoms with Crippen LogP contribution in [0.5, 0.6) is 0 Å². The Balaban J connectivity index is 1.70. The van der Waals surface area contributed by atoms with Crippen molar-refractivity contribution < 1.29 is 33.5 Å². The average molecular weight is 503 g/mol. The van der Waals surface area contributed by atoms with Gasteiger partial charge in [-0.25, -0.2) is 4.79 Å². The quantitative estimate of drug-likeness (QED) is 0.417. The van der Waals surface area contributed by atoms with Crippen molar-refractivity contribution in [2.45, 2.75) is 76.6 Å². The third-order valence-corrected chi connectivity index (χ3v) is 7.11. The second-order valence-electron chi connectivity index (χ2n) is 10.3. The molecule has 0 spiro atoms. The molecule has 11 heteroatoms. The second kappa shape index (κ2) is 12.1. The molecular formula is C25H38BN3O7. The molecule has 2 atom stereocenters. The zero-order valence-electron chi connectivity index (χ0n) is 21.6. The van der Waals surface area contributed by atoms with Crippen LogP contribution in [0.1, 0.15) is 52.5 Å². The summed E-state index contributed by atoms with van der Waals surface area (Å²) >= 11 is 0. The van der Waals surface area contributed by atoms with E-state index in [9.17, 15) is 19.5 Å². The average Bonchev–Trinajstić information content (AvgIpc) is 3.05. The molecule has 198 valence electrons. The molecule has 2 heterocycles. The monoisotopic (exact) mass is 503 g/mol. The molecule has 1 unspecified atom stereocenters. The molecule has 2 saturated heterocycles. The summed E-state index contributed by atoms with van der Waals surface area (Å²) in [6, 6.07) is 8.79. The molecule has 1 aromatic rings. The van der Waals surface area contributed by atoms with Crippen LogP contribution >= 0.6 is 0 Å². The second-order valence-corrected chi connectivity index (χ2v) is 10.3. The zero-order chi connectivity index (χ0) is 26.3. The van der Waals surface area contributed by atoms with Gasteiger partial charge in [-0.1, -0.05) is 30.3 Å². The first-order valence-corrected chi connectivity index (χ1v) is 12.5. The Labute approximate surface area is 213 Å². The van der Waals surface area contributed by atoms with Gasteiger partial charge in [-0.3, -0.25) is 9.59 Å². The molecule has 36 heavy (non-hydrogen) atoms. The van der Waals surface area contributed by atoms with Crippen LogP contribution in [0.2, 0.25) is 0 Å². The summed E-state index contributed by atoms with van der Waals surface area (Å²) in [6.45, 7) is 9.40. The van der Waals surface area contributed by atoms with Crippen LogP contribution in [0.15, 0.2) is 30.3 Å². The van der Waals surface area contributed by atoms with E-state index in [1.54, 1.807) is 4.90 Å². The minimum atomic E-state index is -1.37. The normalized spacial score (nSPS) is 20.4. The molecule has 1 aromatic carbocycles. The summed E-state index contributed by atoms with van der Waals surface area (Å²) in [5.41, 5.74) is -0.00562. The van der Waals surface area contributed by atoms with Gasteiger partial charge in [-0.2, -0.15) is 0 Å². The van der Waals surface area contributed by atoms with Crippen molar-refractivity contribution in [3.05, 3.63) is 35.9 Å². The maximum Gasteiger partial charge on any atom is 0.481 e. The Morgan fingerprint density at radius 1 is 1.03 bits per heavy atom. The van der Waals surface area contributed by atoms with Crippen LogP contribution in [0.3, 0.4) is 0 Å². The fourth-order valence-electron chi connectivity index (χ4n) is 4.26. The number of nitrogens with zero attached hydrogens (tertiary/aromatic N) is 1. The van der Waals surface area contributed by atoms with Crippen LogP contribution in [0.25, 0.3) is 0 Å². The van der Waals surface area contributed by atoms with Crippen LogP contribution in [0, 0.1) is 0 Å². The van der Waals surface area contributed by atoms with Crippen LogP contribution < -0.4 is 10.6 Å². The minimum absolute atomic E-state index is 0.280. The zero-order valence-corrected chi connectivity index (χ0v) is 21.6. The van der Waals surface area contributed by atoms with Crippen molar-refractivity contribution in [3.63, 3.8) is 0 Å². The van der Waals surface area contributed by atoms with Gasteiger partial charge in [0.1, 0.15) is 6.04 Å². The Bertz CT molecular complexity index is 890. The molecular weight excluding hydrogens is 465 g/mol. The molecule has 2 fully saturated rings. The van der Waals surface area contributed by atoms with E-state index >= 15 is 0 Å². The fraction of sp³-hybridized carbons (Fsp3) is 0.640. The maximum absolute atomic E-state index is 13.3. The predicted octanol–water partition coefficient (Wildman–Crippen LogP) is 2.01. The smallest absolute Gasteiger partial charge is 0.465 e. The number of nitrogens with one attached hydrogen (secondary N) is 2. The number of amides is 3. The van der Waals surface area contributed by atoms with E-state index in [1.807, 2.05) is 58.0 Å². The van der Waals surface area contributed by atoms with E-state index < -0.39 is 42.3 Å². The van der Waals surface area contributed by atoms with Gasteiger partial charge >= 0.3 is 13.2 Å². The van der Waals surface area contributed by atoms with Gasteiger partial charge in [0.25, 0.3) is 0 Å². The number of benzene rings is 1. The van der Waals surface area contributed by atoms with Crippen LogP contribution in [-0.4, -0.2) is 84.5 Å². The fourth-order valence-corrected chi connectivity index (χ4v) is 4.26. The van der Waals surface area contributed by atoms with Gasteiger partial charge < -0.3 is 34.7 Å². The molecule has 3 rings (SSSR count). The SMILES string of the molecule is CC1(C)OB([C@H](CCCc2ccccc2)NC(=O)C(CC(=O)N2CCOCC2)NC(=O)O)OC1(C)C. The number of morpholine rings is 1. The molecule has 0 aliphatic carbocycles. The summed E-state index contributed by atoms with van der Waals surface area (Å²) in [6.07, 6.45) is 0.454. The summed E-state index contributed by atoms with van der Waals surface area (Å²) in [4.78, 5) is 39.0. The highest BCUT2D eigenvalue weighted by Crippen LogP contribution is 2.38. The number of hydrogen-bond acceptors (Lipinski definition) is 6. The van der Waals surface area contributed by atoms with Crippen molar-refractivity contribution >= 4 is 25.0 Å². The highest BCUT2D eigenvalue weighted by atomic mass is 16.7. The van der Waals surface area contributed by atoms with Gasteiger partial charge in [-0.05, 0) is 52.5 Å². The Morgan fingerprint density at radius 3 is 2.22 bits per heavy atom. The van der Waals surface area contributed by atoms with Gasteiger partial charge in [0, 0.05) is 13.1 Å². The lowest BCUT2D eigenvalue weighted by Crippen LogP contribution is -2.56. The van der Waals surface area contributed by atoms with E-state index in [-0.39, 0.29) is 12.3 Å². The summed E-state index contributed by atoms with van der Waals surface area (Å²) in [5.74, 6) is -1.42. The summed E-state index contributed by atoms with van der Waals surface area (Å²) in [7, 11) is -0.713. The van der Waals surface area contributed by atoms with Gasteiger partial charge in [0.05, 0.1) is 36.8 Å². The van der Waals surface area contributed by atoms with Crippen LogP contribution in [-0.2, 0) is 30.1 Å². The molecule has 0 aromatic heterocycles. The van der Waals surface area contributed by atoms with Gasteiger partial charge in [-0.15, -0.1) is 0 Å². The standard InChI is InChI=1S/C25H38BN3O7/c1-24(2)25(3,4)36-26(35-24)20(12-8-11-18-9-6-5-7-10-18)28-22(31)19(27-23(32)33)17-21(30)29-13-15-34-16-14-29/h5-7,9-10,19-20,27H,8,11-17H2,1-4H3,(H,28,31)(H,32,33)/t19?,20-/m0/s1. The number of carbonyl (C=O) groups excluding carboxylic acids is 2. The van der Waals surface area contributed by atoms with Gasteiger partial charge in [0.2, 0.25) is 11.8 Å². The Kier molecular flexibility index (Phi) is 9.38. The highest BCUT2D eigenvalue weighted by Gasteiger charge is 2.54. The highest BCUT2D eigenvalue weighted by molar-refractivity contribution is 6.48. The van der Waals surface area contributed by atoms with Crippen LogP contribution in [0.4, 0.5) is 4.79 Å². The van der Waals surface area contributed by atoms with E-state index in [1.165, 1.54) is 5.56 Å². The molecule has 3 amide bonds. The number of ether oxygens (including phenoxy) is 1. The molecule has 3 N–H and O–H groups in total. The molecule has 2 aliphatic rings. The Hall–Kier alpha value is -2.63. The molecule has 0 radical (unpaired) electrons. The van der Waals surface area contributed by atoms with Crippen molar-refractivity contribution in [1.29, 1.82) is 0 Å². The maximum atomic E-state index is 13.3. The molecule has 0 saturated carbocycles. The largest absolute Gasteiger partial charge is 0.481 e. The third-order valence-electron chi connectivity index (χ3n) is 7.11. The first kappa shape index (κ1) is 28.0. The lowest BCUT2D eigenvalue weighted by molar-refractivity contribution is -0.138. The number of carbonyl (C=O) groups is 3.